The SMILES string of the molecule is Cc1cc(C)c2sc(N(Cc3ccccc3)C(=O)CCc3nc(C)no3)nc2c1. The Morgan fingerprint density at radius 1 is 1.10 bits per heavy atom. The molecule has 4 rings (SSSR count). The average molecular weight is 407 g/mol. The van der Waals surface area contributed by atoms with Crippen LogP contribution in [0.15, 0.2) is 47.0 Å². The second-order valence-electron chi connectivity index (χ2n) is 7.13. The van der Waals surface area contributed by atoms with Gasteiger partial charge in [0.1, 0.15) is 0 Å². The van der Waals surface area contributed by atoms with E-state index in [1.807, 2.05) is 30.3 Å². The molecule has 0 aliphatic rings. The van der Waals surface area contributed by atoms with Gasteiger partial charge in [0.2, 0.25) is 11.8 Å². The van der Waals surface area contributed by atoms with Gasteiger partial charge >= 0.3 is 0 Å². The van der Waals surface area contributed by atoms with Gasteiger partial charge in [-0.1, -0.05) is 52.9 Å². The predicted octanol–water partition coefficient (Wildman–Crippen LogP) is 4.77. The fourth-order valence-corrected chi connectivity index (χ4v) is 4.33. The summed E-state index contributed by atoms with van der Waals surface area (Å²) in [5.41, 5.74) is 4.33. The minimum Gasteiger partial charge on any atom is -0.339 e. The summed E-state index contributed by atoms with van der Waals surface area (Å²) in [5, 5.41) is 4.50. The summed E-state index contributed by atoms with van der Waals surface area (Å²) in [6, 6.07) is 14.2. The Morgan fingerprint density at radius 3 is 2.62 bits per heavy atom. The maximum atomic E-state index is 13.2. The molecule has 6 nitrogen and oxygen atoms in total. The molecule has 0 N–H and O–H groups in total. The minimum absolute atomic E-state index is 0.0156. The quantitative estimate of drug-likeness (QED) is 0.461. The molecule has 4 aromatic rings. The van der Waals surface area contributed by atoms with Crippen LogP contribution in [0.2, 0.25) is 0 Å². The number of anilines is 1. The van der Waals surface area contributed by atoms with Crippen LogP contribution in [0.3, 0.4) is 0 Å². The van der Waals surface area contributed by atoms with E-state index in [0.29, 0.717) is 29.8 Å². The first kappa shape index (κ1) is 19.3. The number of carbonyl (C=O) groups excluding carboxylic acids is 1. The monoisotopic (exact) mass is 406 g/mol. The second-order valence-corrected chi connectivity index (χ2v) is 8.10. The van der Waals surface area contributed by atoms with Crippen LogP contribution < -0.4 is 4.90 Å². The molecule has 0 radical (unpaired) electrons. The third kappa shape index (κ3) is 4.35. The van der Waals surface area contributed by atoms with Crippen LogP contribution in [0.5, 0.6) is 0 Å². The fourth-order valence-electron chi connectivity index (χ4n) is 3.30. The number of nitrogens with zero attached hydrogens (tertiary/aromatic N) is 4. The topological polar surface area (TPSA) is 72.1 Å². The van der Waals surface area contributed by atoms with Gasteiger partial charge in [0.05, 0.1) is 16.8 Å². The van der Waals surface area contributed by atoms with E-state index in [4.69, 9.17) is 9.51 Å². The Kier molecular flexibility index (Phi) is 5.40. The molecular weight excluding hydrogens is 384 g/mol. The number of carbonyl (C=O) groups is 1. The Morgan fingerprint density at radius 2 is 1.90 bits per heavy atom. The molecular formula is C22H22N4O2S. The number of benzene rings is 2. The van der Waals surface area contributed by atoms with Gasteiger partial charge in [-0.05, 0) is 43.5 Å². The van der Waals surface area contributed by atoms with Gasteiger partial charge in [-0.15, -0.1) is 0 Å². The first-order valence-electron chi connectivity index (χ1n) is 9.51. The van der Waals surface area contributed by atoms with Crippen molar-refractivity contribution in [3.63, 3.8) is 0 Å². The molecule has 2 aromatic carbocycles. The van der Waals surface area contributed by atoms with Crippen molar-refractivity contribution in [3.05, 3.63) is 70.9 Å². The standard InChI is InChI=1S/C22H22N4O2S/c1-14-11-15(2)21-18(12-14)24-22(29-21)26(13-17-7-5-4-6-8-17)20(27)10-9-19-23-16(3)25-28-19/h4-8,11-12H,9-10,13H2,1-3H3. The number of fused-ring (bicyclic) bond motifs is 1. The van der Waals surface area contributed by atoms with Crippen LogP contribution >= 0.6 is 11.3 Å². The molecule has 0 atom stereocenters. The van der Waals surface area contributed by atoms with Crippen LogP contribution in [0.25, 0.3) is 10.2 Å². The number of hydrogen-bond acceptors (Lipinski definition) is 6. The summed E-state index contributed by atoms with van der Waals surface area (Å²) < 4.78 is 6.27. The lowest BCUT2D eigenvalue weighted by Gasteiger charge is -2.19. The molecule has 0 fully saturated rings. The highest BCUT2D eigenvalue weighted by molar-refractivity contribution is 7.22. The van der Waals surface area contributed by atoms with E-state index in [2.05, 4.69) is 36.1 Å². The minimum atomic E-state index is -0.0156. The van der Waals surface area contributed by atoms with Crippen LogP contribution in [0, 0.1) is 20.8 Å². The Hall–Kier alpha value is -3.06. The number of aryl methyl sites for hydroxylation is 4. The third-order valence-electron chi connectivity index (χ3n) is 4.65. The van der Waals surface area contributed by atoms with E-state index < -0.39 is 0 Å². The van der Waals surface area contributed by atoms with Crippen molar-refractivity contribution >= 4 is 32.6 Å². The van der Waals surface area contributed by atoms with Crippen molar-refractivity contribution in [3.8, 4) is 0 Å². The van der Waals surface area contributed by atoms with Crippen molar-refractivity contribution < 1.29 is 9.32 Å². The van der Waals surface area contributed by atoms with Gasteiger partial charge in [-0.25, -0.2) is 4.98 Å². The van der Waals surface area contributed by atoms with E-state index >= 15 is 0 Å². The van der Waals surface area contributed by atoms with Gasteiger partial charge in [0.15, 0.2) is 11.0 Å². The lowest BCUT2D eigenvalue weighted by Crippen LogP contribution is -2.30. The molecule has 148 valence electrons. The van der Waals surface area contributed by atoms with Gasteiger partial charge in [0.25, 0.3) is 0 Å². The van der Waals surface area contributed by atoms with E-state index in [9.17, 15) is 4.79 Å². The molecule has 0 bridgehead atoms. The molecule has 0 spiro atoms. The van der Waals surface area contributed by atoms with E-state index in [0.717, 1.165) is 15.8 Å². The van der Waals surface area contributed by atoms with Crippen molar-refractivity contribution in [2.45, 2.75) is 40.2 Å². The number of rotatable bonds is 6. The van der Waals surface area contributed by atoms with E-state index in [1.54, 1.807) is 23.2 Å². The zero-order chi connectivity index (χ0) is 20.4. The summed E-state index contributed by atoms with van der Waals surface area (Å²) >= 11 is 1.56. The first-order valence-corrected chi connectivity index (χ1v) is 10.3. The largest absolute Gasteiger partial charge is 0.339 e. The molecule has 2 aromatic heterocycles. The highest BCUT2D eigenvalue weighted by atomic mass is 32.1. The lowest BCUT2D eigenvalue weighted by molar-refractivity contribution is -0.118. The molecule has 29 heavy (non-hydrogen) atoms. The van der Waals surface area contributed by atoms with E-state index in [1.165, 1.54) is 11.1 Å². The Labute approximate surface area is 173 Å². The highest BCUT2D eigenvalue weighted by Gasteiger charge is 2.21. The number of hydrogen-bond donors (Lipinski definition) is 0. The summed E-state index contributed by atoms with van der Waals surface area (Å²) in [7, 11) is 0. The Balaban J connectivity index is 1.64. The first-order chi connectivity index (χ1) is 14.0. The lowest BCUT2D eigenvalue weighted by atomic mass is 10.1. The number of amides is 1. The van der Waals surface area contributed by atoms with Crippen LogP contribution in [-0.2, 0) is 17.8 Å². The maximum Gasteiger partial charge on any atom is 0.229 e. The highest BCUT2D eigenvalue weighted by Crippen LogP contribution is 2.33. The Bertz CT molecular complexity index is 1150. The molecule has 0 aliphatic carbocycles. The van der Waals surface area contributed by atoms with Gasteiger partial charge < -0.3 is 4.52 Å². The third-order valence-corrected chi connectivity index (χ3v) is 5.88. The summed E-state index contributed by atoms with van der Waals surface area (Å²) in [4.78, 5) is 23.9. The summed E-state index contributed by atoms with van der Waals surface area (Å²) in [6.07, 6.45) is 0.691. The van der Waals surface area contributed by atoms with Crippen LogP contribution in [0.4, 0.5) is 5.13 Å². The number of thiazole rings is 1. The summed E-state index contributed by atoms with van der Waals surface area (Å²) in [6.45, 7) is 6.38. The van der Waals surface area contributed by atoms with E-state index in [-0.39, 0.29) is 12.3 Å². The molecule has 0 unspecified atom stereocenters. The van der Waals surface area contributed by atoms with Crippen LogP contribution in [-0.4, -0.2) is 21.0 Å². The van der Waals surface area contributed by atoms with Crippen molar-refractivity contribution in [2.24, 2.45) is 0 Å². The zero-order valence-electron chi connectivity index (χ0n) is 16.7. The average Bonchev–Trinajstić information content (AvgIpc) is 3.31. The predicted molar refractivity (Wildman–Crippen MR) is 114 cm³/mol. The van der Waals surface area contributed by atoms with Crippen molar-refractivity contribution in [1.82, 2.24) is 15.1 Å². The molecule has 1 amide bonds. The van der Waals surface area contributed by atoms with Gasteiger partial charge in [-0.3, -0.25) is 9.69 Å². The van der Waals surface area contributed by atoms with Gasteiger partial charge in [0, 0.05) is 12.8 Å². The van der Waals surface area contributed by atoms with Crippen LogP contribution in [0.1, 0.15) is 34.8 Å². The van der Waals surface area contributed by atoms with Gasteiger partial charge in [-0.2, -0.15) is 4.98 Å². The fraction of sp³-hybridized carbons (Fsp3) is 0.273. The van der Waals surface area contributed by atoms with Crippen molar-refractivity contribution in [1.29, 1.82) is 0 Å². The molecule has 0 aliphatic heterocycles. The van der Waals surface area contributed by atoms with Crippen molar-refractivity contribution in [2.75, 3.05) is 4.90 Å². The molecule has 7 heteroatoms. The molecule has 2 heterocycles. The normalized spacial score (nSPS) is 11.1. The second kappa shape index (κ2) is 8.13. The summed E-state index contributed by atoms with van der Waals surface area (Å²) in [5.74, 6) is 1.04. The molecule has 0 saturated heterocycles. The molecule has 0 saturated carbocycles. The zero-order valence-corrected chi connectivity index (χ0v) is 17.5. The smallest absolute Gasteiger partial charge is 0.229 e. The maximum absolute atomic E-state index is 13.2. The number of aromatic nitrogens is 3.